The minimum Gasteiger partial charge on any atom is -0.462 e. The van der Waals surface area contributed by atoms with Crippen LogP contribution in [-0.2, 0) is 4.74 Å². The molecule has 0 aliphatic rings. The number of carbonyl (C=O) groups is 2. The highest BCUT2D eigenvalue weighted by atomic mass is 16.5. The first kappa shape index (κ1) is 23.0. The lowest BCUT2D eigenvalue weighted by atomic mass is 10.1. The van der Waals surface area contributed by atoms with Crippen molar-refractivity contribution in [3.05, 3.63) is 77.0 Å². The standard InChI is InChI=1S/C26H27N5O3/c1-6-34-26(33)21-15-27-31(22-14-17(3)20-9-7-8-16(2)23(20)28-22)24(21)29-25(32)18-10-12-19(13-11-18)30(4)5/h7-15H,6H2,1-5H3,(H,29,32). The summed E-state index contributed by atoms with van der Waals surface area (Å²) in [6.45, 7) is 5.92. The number of aromatic nitrogens is 3. The molecule has 0 unspecified atom stereocenters. The molecule has 1 N–H and O–H groups in total. The van der Waals surface area contributed by atoms with Crippen LogP contribution in [0, 0.1) is 13.8 Å². The highest BCUT2D eigenvalue weighted by molar-refractivity contribution is 6.07. The van der Waals surface area contributed by atoms with Crippen LogP contribution in [0.3, 0.4) is 0 Å². The van der Waals surface area contributed by atoms with E-state index in [2.05, 4.69) is 10.4 Å². The van der Waals surface area contributed by atoms with Gasteiger partial charge in [0.15, 0.2) is 11.6 Å². The lowest BCUT2D eigenvalue weighted by molar-refractivity contribution is 0.0527. The predicted molar refractivity (Wildman–Crippen MR) is 133 cm³/mol. The number of ether oxygens (including phenoxy) is 1. The third kappa shape index (κ3) is 4.34. The second-order valence-corrected chi connectivity index (χ2v) is 8.20. The largest absolute Gasteiger partial charge is 0.462 e. The molecule has 34 heavy (non-hydrogen) atoms. The SMILES string of the molecule is CCOC(=O)c1cnn(-c2cc(C)c3cccc(C)c3n2)c1NC(=O)c1ccc(N(C)C)cc1. The van der Waals surface area contributed by atoms with Crippen LogP contribution in [0.4, 0.5) is 11.5 Å². The van der Waals surface area contributed by atoms with Gasteiger partial charge in [-0.1, -0.05) is 18.2 Å². The average Bonchev–Trinajstić information content (AvgIpc) is 3.23. The lowest BCUT2D eigenvalue weighted by Crippen LogP contribution is -2.19. The third-order valence-corrected chi connectivity index (χ3v) is 5.59. The molecule has 2 aromatic carbocycles. The molecule has 0 radical (unpaired) electrons. The van der Waals surface area contributed by atoms with E-state index in [0.717, 1.165) is 27.7 Å². The first-order valence-corrected chi connectivity index (χ1v) is 11.0. The zero-order valence-electron chi connectivity index (χ0n) is 19.9. The zero-order valence-corrected chi connectivity index (χ0v) is 19.9. The molecule has 174 valence electrons. The number of pyridine rings is 1. The van der Waals surface area contributed by atoms with Gasteiger partial charge in [0.05, 0.1) is 18.3 Å². The summed E-state index contributed by atoms with van der Waals surface area (Å²) in [5.74, 6) is -0.236. The average molecular weight is 458 g/mol. The molecule has 4 aromatic rings. The minimum absolute atomic E-state index is 0.157. The summed E-state index contributed by atoms with van der Waals surface area (Å²) in [6.07, 6.45) is 1.39. The molecule has 1 amide bonds. The van der Waals surface area contributed by atoms with Crippen LogP contribution in [-0.4, -0.2) is 47.3 Å². The molecule has 0 aliphatic heterocycles. The maximum absolute atomic E-state index is 13.1. The molecule has 0 atom stereocenters. The number of anilines is 2. The van der Waals surface area contributed by atoms with Crippen LogP contribution in [0.25, 0.3) is 16.7 Å². The van der Waals surface area contributed by atoms with Crippen molar-refractivity contribution in [2.45, 2.75) is 20.8 Å². The highest BCUT2D eigenvalue weighted by Gasteiger charge is 2.23. The molecule has 2 aromatic heterocycles. The molecule has 8 nitrogen and oxygen atoms in total. The Kier molecular flexibility index (Phi) is 6.32. The Hall–Kier alpha value is -4.20. The van der Waals surface area contributed by atoms with E-state index in [-0.39, 0.29) is 23.9 Å². The van der Waals surface area contributed by atoms with E-state index in [1.165, 1.54) is 10.9 Å². The smallest absolute Gasteiger partial charge is 0.343 e. The Morgan fingerprint density at radius 2 is 1.79 bits per heavy atom. The first-order chi connectivity index (χ1) is 16.3. The molecule has 8 heteroatoms. The summed E-state index contributed by atoms with van der Waals surface area (Å²) in [7, 11) is 3.86. The second kappa shape index (κ2) is 9.35. The van der Waals surface area contributed by atoms with Crippen molar-refractivity contribution in [2.24, 2.45) is 0 Å². The van der Waals surface area contributed by atoms with Crippen molar-refractivity contribution in [1.82, 2.24) is 14.8 Å². The summed E-state index contributed by atoms with van der Waals surface area (Å²) in [4.78, 5) is 32.5. The number of rotatable bonds is 6. The monoisotopic (exact) mass is 457 g/mol. The Morgan fingerprint density at radius 1 is 1.06 bits per heavy atom. The normalized spacial score (nSPS) is 10.9. The van der Waals surface area contributed by atoms with Gasteiger partial charge in [0.1, 0.15) is 5.56 Å². The van der Waals surface area contributed by atoms with E-state index in [0.29, 0.717) is 11.4 Å². The second-order valence-electron chi connectivity index (χ2n) is 8.20. The number of nitrogens with zero attached hydrogens (tertiary/aromatic N) is 4. The van der Waals surface area contributed by atoms with Gasteiger partial charge in [-0.15, -0.1) is 0 Å². The fourth-order valence-corrected chi connectivity index (χ4v) is 3.74. The van der Waals surface area contributed by atoms with E-state index in [1.54, 1.807) is 19.1 Å². The molecule has 0 spiro atoms. The van der Waals surface area contributed by atoms with Crippen LogP contribution < -0.4 is 10.2 Å². The van der Waals surface area contributed by atoms with E-state index in [9.17, 15) is 9.59 Å². The Labute approximate surface area is 198 Å². The Bertz CT molecular complexity index is 1370. The summed E-state index contributed by atoms with van der Waals surface area (Å²) >= 11 is 0. The molecular formula is C26H27N5O3. The number of amides is 1. The minimum atomic E-state index is -0.569. The molecule has 2 heterocycles. The number of para-hydroxylation sites is 1. The summed E-state index contributed by atoms with van der Waals surface area (Å²) in [5, 5.41) is 8.27. The quantitative estimate of drug-likeness (QED) is 0.428. The zero-order chi connectivity index (χ0) is 24.4. The summed E-state index contributed by atoms with van der Waals surface area (Å²) < 4.78 is 6.66. The number of aryl methyl sites for hydroxylation is 2. The van der Waals surface area contributed by atoms with Gasteiger partial charge < -0.3 is 15.0 Å². The first-order valence-electron chi connectivity index (χ1n) is 11.0. The number of fused-ring (bicyclic) bond motifs is 1. The molecule has 0 aliphatic carbocycles. The van der Waals surface area contributed by atoms with Crippen LogP contribution in [0.15, 0.2) is 54.7 Å². The molecule has 4 rings (SSSR count). The van der Waals surface area contributed by atoms with Gasteiger partial charge in [0.25, 0.3) is 5.91 Å². The van der Waals surface area contributed by atoms with Gasteiger partial charge in [0.2, 0.25) is 0 Å². The van der Waals surface area contributed by atoms with E-state index in [4.69, 9.17) is 9.72 Å². The van der Waals surface area contributed by atoms with E-state index in [1.807, 2.05) is 69.2 Å². The van der Waals surface area contributed by atoms with E-state index >= 15 is 0 Å². The van der Waals surface area contributed by atoms with Crippen LogP contribution in [0.2, 0.25) is 0 Å². The number of esters is 1. The van der Waals surface area contributed by atoms with Crippen molar-refractivity contribution in [3.8, 4) is 5.82 Å². The topological polar surface area (TPSA) is 89.3 Å². The maximum Gasteiger partial charge on any atom is 0.343 e. The summed E-state index contributed by atoms with van der Waals surface area (Å²) in [6, 6.07) is 15.1. The van der Waals surface area contributed by atoms with Crippen molar-refractivity contribution in [3.63, 3.8) is 0 Å². The van der Waals surface area contributed by atoms with Crippen LogP contribution in [0.5, 0.6) is 0 Å². The van der Waals surface area contributed by atoms with Gasteiger partial charge in [-0.2, -0.15) is 9.78 Å². The van der Waals surface area contributed by atoms with Gasteiger partial charge in [-0.3, -0.25) is 4.79 Å². The molecule has 0 saturated carbocycles. The third-order valence-electron chi connectivity index (χ3n) is 5.59. The van der Waals surface area contributed by atoms with Crippen molar-refractivity contribution < 1.29 is 14.3 Å². The maximum atomic E-state index is 13.1. The molecular weight excluding hydrogens is 430 g/mol. The lowest BCUT2D eigenvalue weighted by Gasteiger charge is -2.14. The highest BCUT2D eigenvalue weighted by Crippen LogP contribution is 2.26. The predicted octanol–water partition coefficient (Wildman–Crippen LogP) is 4.53. The number of hydrogen-bond acceptors (Lipinski definition) is 6. The van der Waals surface area contributed by atoms with Gasteiger partial charge in [-0.05, 0) is 62.2 Å². The number of benzene rings is 2. The number of carbonyl (C=O) groups excluding carboxylic acids is 2. The summed E-state index contributed by atoms with van der Waals surface area (Å²) in [5.41, 5.74) is 4.44. The Morgan fingerprint density at radius 3 is 2.47 bits per heavy atom. The van der Waals surface area contributed by atoms with Crippen molar-refractivity contribution in [1.29, 1.82) is 0 Å². The molecule has 0 fully saturated rings. The number of nitrogens with one attached hydrogen (secondary N) is 1. The number of hydrogen-bond donors (Lipinski definition) is 1. The molecule has 0 bridgehead atoms. The van der Waals surface area contributed by atoms with Gasteiger partial charge in [0, 0.05) is 30.7 Å². The fraction of sp³-hybridized carbons (Fsp3) is 0.231. The van der Waals surface area contributed by atoms with Crippen LogP contribution >= 0.6 is 0 Å². The molecule has 0 saturated heterocycles. The van der Waals surface area contributed by atoms with Crippen molar-refractivity contribution in [2.75, 3.05) is 30.9 Å². The van der Waals surface area contributed by atoms with Gasteiger partial charge >= 0.3 is 5.97 Å². The van der Waals surface area contributed by atoms with Crippen molar-refractivity contribution >= 4 is 34.3 Å². The fourth-order valence-electron chi connectivity index (χ4n) is 3.74. The van der Waals surface area contributed by atoms with E-state index < -0.39 is 5.97 Å². The Balaban J connectivity index is 1.79. The van der Waals surface area contributed by atoms with Gasteiger partial charge in [-0.25, -0.2) is 9.78 Å². The van der Waals surface area contributed by atoms with Crippen LogP contribution in [0.1, 0.15) is 38.8 Å².